The molecule has 1 aromatic rings. The van der Waals surface area contributed by atoms with Crippen LogP contribution in [0.5, 0.6) is 0 Å². The molecular weight excluding hydrogens is 186 g/mol. The monoisotopic (exact) mass is 205 g/mol. The van der Waals surface area contributed by atoms with E-state index >= 15 is 0 Å². The van der Waals surface area contributed by atoms with Crippen molar-refractivity contribution in [2.75, 3.05) is 6.54 Å². The summed E-state index contributed by atoms with van der Waals surface area (Å²) in [7, 11) is 1.95. The summed E-state index contributed by atoms with van der Waals surface area (Å²) in [5.74, 6) is 2.69. The van der Waals surface area contributed by atoms with Gasteiger partial charge in [0.25, 0.3) is 0 Å². The van der Waals surface area contributed by atoms with Gasteiger partial charge in [0.15, 0.2) is 0 Å². The molecule has 1 aromatic heterocycles. The highest BCUT2D eigenvalue weighted by Crippen LogP contribution is 2.20. The summed E-state index contributed by atoms with van der Waals surface area (Å²) < 4.78 is 1.85. The topological polar surface area (TPSA) is 29.9 Å². The fourth-order valence-corrected chi connectivity index (χ4v) is 1.80. The van der Waals surface area contributed by atoms with Gasteiger partial charge in [0.1, 0.15) is 0 Å². The second kappa shape index (κ2) is 5.57. The fraction of sp³-hybridized carbons (Fsp3) is 0.583. The van der Waals surface area contributed by atoms with Crippen LogP contribution in [0.15, 0.2) is 6.20 Å². The van der Waals surface area contributed by atoms with Crippen molar-refractivity contribution in [3.63, 3.8) is 0 Å². The molecule has 1 rings (SSSR count). The van der Waals surface area contributed by atoms with Gasteiger partial charge in [-0.3, -0.25) is 4.68 Å². The zero-order chi connectivity index (χ0) is 11.3. The van der Waals surface area contributed by atoms with Crippen molar-refractivity contribution in [3.8, 4) is 12.3 Å². The number of nitrogens with one attached hydrogen (secondary N) is 1. The van der Waals surface area contributed by atoms with Gasteiger partial charge in [0.05, 0.1) is 5.69 Å². The molecular formula is C12H19N3. The van der Waals surface area contributed by atoms with E-state index in [0.29, 0.717) is 6.04 Å². The molecule has 1 N–H and O–H groups in total. The first-order chi connectivity index (χ1) is 7.19. The molecule has 0 spiro atoms. The maximum absolute atomic E-state index is 5.30. The van der Waals surface area contributed by atoms with Gasteiger partial charge in [0.2, 0.25) is 0 Å². The van der Waals surface area contributed by atoms with Gasteiger partial charge in [-0.05, 0) is 19.9 Å². The van der Waals surface area contributed by atoms with Gasteiger partial charge in [-0.25, -0.2) is 0 Å². The molecule has 0 amide bonds. The molecule has 1 heterocycles. The van der Waals surface area contributed by atoms with Crippen LogP contribution in [0.1, 0.15) is 37.1 Å². The van der Waals surface area contributed by atoms with Crippen LogP contribution in [0, 0.1) is 19.3 Å². The molecule has 82 valence electrons. The van der Waals surface area contributed by atoms with E-state index in [4.69, 9.17) is 6.42 Å². The highest BCUT2D eigenvalue weighted by Gasteiger charge is 2.14. The largest absolute Gasteiger partial charge is 0.310 e. The van der Waals surface area contributed by atoms with Gasteiger partial charge in [-0.2, -0.15) is 5.10 Å². The molecule has 0 aliphatic heterocycles. The quantitative estimate of drug-likeness (QED) is 0.743. The van der Waals surface area contributed by atoms with Crippen LogP contribution in [-0.2, 0) is 7.05 Å². The van der Waals surface area contributed by atoms with Crippen LogP contribution in [0.4, 0.5) is 0 Å². The molecule has 15 heavy (non-hydrogen) atoms. The number of nitrogens with zero attached hydrogens (tertiary/aromatic N) is 2. The van der Waals surface area contributed by atoms with Crippen molar-refractivity contribution >= 4 is 0 Å². The van der Waals surface area contributed by atoms with Gasteiger partial charge in [0, 0.05) is 31.3 Å². The summed E-state index contributed by atoms with van der Waals surface area (Å²) in [6.45, 7) is 5.09. The van der Waals surface area contributed by atoms with Crippen molar-refractivity contribution < 1.29 is 0 Å². The lowest BCUT2D eigenvalue weighted by Gasteiger charge is -2.15. The lowest BCUT2D eigenvalue weighted by Crippen LogP contribution is -2.21. The summed E-state index contributed by atoms with van der Waals surface area (Å²) in [6.07, 6.45) is 9.13. The minimum atomic E-state index is 0.333. The molecule has 1 atom stereocenters. The van der Waals surface area contributed by atoms with Crippen molar-refractivity contribution in [2.24, 2.45) is 7.05 Å². The molecule has 0 fully saturated rings. The lowest BCUT2D eigenvalue weighted by molar-refractivity contribution is 0.520. The molecule has 0 aliphatic carbocycles. The lowest BCUT2D eigenvalue weighted by atomic mass is 10.0. The Morgan fingerprint density at radius 2 is 2.40 bits per heavy atom. The van der Waals surface area contributed by atoms with Gasteiger partial charge in [-0.1, -0.05) is 6.92 Å². The maximum atomic E-state index is 5.30. The zero-order valence-electron chi connectivity index (χ0n) is 9.75. The number of terminal acetylenes is 1. The number of rotatable bonds is 5. The van der Waals surface area contributed by atoms with Crippen molar-refractivity contribution in [1.29, 1.82) is 0 Å². The van der Waals surface area contributed by atoms with Crippen LogP contribution >= 0.6 is 0 Å². The summed E-state index contributed by atoms with van der Waals surface area (Å²) in [4.78, 5) is 0. The van der Waals surface area contributed by atoms with E-state index in [0.717, 1.165) is 25.1 Å². The Bertz CT molecular complexity index is 346. The minimum Gasteiger partial charge on any atom is -0.310 e. The van der Waals surface area contributed by atoms with E-state index in [1.165, 1.54) is 5.56 Å². The van der Waals surface area contributed by atoms with E-state index in [2.05, 4.69) is 29.5 Å². The van der Waals surface area contributed by atoms with Crippen LogP contribution in [-0.4, -0.2) is 16.3 Å². The standard InChI is InChI=1S/C12H19N3/c1-5-7-8-12(13-6-2)11-9-15(4)14-10(11)3/h1,9,12-13H,6-8H2,2-4H3. The number of aryl methyl sites for hydroxylation is 2. The van der Waals surface area contributed by atoms with Crippen molar-refractivity contribution in [2.45, 2.75) is 32.7 Å². The molecule has 0 saturated heterocycles. The van der Waals surface area contributed by atoms with Gasteiger partial charge >= 0.3 is 0 Å². The molecule has 0 bridgehead atoms. The summed E-state index contributed by atoms with van der Waals surface area (Å²) >= 11 is 0. The van der Waals surface area contributed by atoms with Gasteiger partial charge < -0.3 is 5.32 Å². The predicted molar refractivity (Wildman–Crippen MR) is 62.4 cm³/mol. The molecule has 1 unspecified atom stereocenters. The third-order valence-corrected chi connectivity index (χ3v) is 2.45. The highest BCUT2D eigenvalue weighted by atomic mass is 15.3. The number of aromatic nitrogens is 2. The minimum absolute atomic E-state index is 0.333. The fourth-order valence-electron chi connectivity index (χ4n) is 1.80. The van der Waals surface area contributed by atoms with E-state index in [-0.39, 0.29) is 0 Å². The van der Waals surface area contributed by atoms with Crippen molar-refractivity contribution in [3.05, 3.63) is 17.5 Å². The maximum Gasteiger partial charge on any atom is 0.0641 e. The first-order valence-electron chi connectivity index (χ1n) is 5.36. The second-order valence-electron chi connectivity index (χ2n) is 3.70. The smallest absolute Gasteiger partial charge is 0.0641 e. The highest BCUT2D eigenvalue weighted by molar-refractivity contribution is 5.20. The van der Waals surface area contributed by atoms with Crippen molar-refractivity contribution in [1.82, 2.24) is 15.1 Å². The average Bonchev–Trinajstić information content (AvgIpc) is 2.52. The SMILES string of the molecule is C#CCCC(NCC)c1cn(C)nc1C. The third-order valence-electron chi connectivity index (χ3n) is 2.45. The zero-order valence-corrected chi connectivity index (χ0v) is 9.75. The molecule has 0 radical (unpaired) electrons. The van der Waals surface area contributed by atoms with Crippen LogP contribution in [0.25, 0.3) is 0 Å². The predicted octanol–water partition coefficient (Wildman–Crippen LogP) is 1.79. The van der Waals surface area contributed by atoms with E-state index in [1.807, 2.05) is 18.7 Å². The number of hydrogen-bond acceptors (Lipinski definition) is 2. The first kappa shape index (κ1) is 11.8. The second-order valence-corrected chi connectivity index (χ2v) is 3.70. The van der Waals surface area contributed by atoms with E-state index in [1.54, 1.807) is 0 Å². The Morgan fingerprint density at radius 3 is 2.87 bits per heavy atom. The van der Waals surface area contributed by atoms with E-state index in [9.17, 15) is 0 Å². The third kappa shape index (κ3) is 3.10. The Balaban J connectivity index is 2.79. The molecule has 0 aromatic carbocycles. The number of hydrogen-bond donors (Lipinski definition) is 1. The Morgan fingerprint density at radius 1 is 1.67 bits per heavy atom. The summed E-state index contributed by atoms with van der Waals surface area (Å²) in [5.41, 5.74) is 2.34. The summed E-state index contributed by atoms with van der Waals surface area (Å²) in [5, 5.41) is 7.79. The van der Waals surface area contributed by atoms with Crippen LogP contribution < -0.4 is 5.32 Å². The average molecular weight is 205 g/mol. The Labute approximate surface area is 91.9 Å². The molecule has 0 saturated carbocycles. The van der Waals surface area contributed by atoms with Crippen LogP contribution in [0.2, 0.25) is 0 Å². The summed E-state index contributed by atoms with van der Waals surface area (Å²) in [6, 6.07) is 0.333. The normalized spacial score (nSPS) is 12.4. The van der Waals surface area contributed by atoms with Crippen LogP contribution in [0.3, 0.4) is 0 Å². The molecule has 3 heteroatoms. The van der Waals surface area contributed by atoms with E-state index < -0.39 is 0 Å². The Hall–Kier alpha value is -1.27. The molecule has 3 nitrogen and oxygen atoms in total. The molecule has 0 aliphatic rings. The Kier molecular flexibility index (Phi) is 4.38. The van der Waals surface area contributed by atoms with Gasteiger partial charge in [-0.15, -0.1) is 12.3 Å². The first-order valence-corrected chi connectivity index (χ1v) is 5.36.